The number of nitrogens with zero attached hydrogens (tertiary/aromatic N) is 2. The molecule has 0 atom stereocenters. The molecule has 142 valence electrons. The van der Waals surface area contributed by atoms with Gasteiger partial charge < -0.3 is 10.0 Å². The Bertz CT molecular complexity index is 862. The molecule has 0 aliphatic rings. The first-order valence-electron chi connectivity index (χ1n) is 9.24. The zero-order valence-corrected chi connectivity index (χ0v) is 17.1. The van der Waals surface area contributed by atoms with Crippen molar-refractivity contribution in [2.45, 2.75) is 31.1 Å². The second-order valence-corrected chi connectivity index (χ2v) is 8.45. The number of thioether (sulfide) groups is 1. The summed E-state index contributed by atoms with van der Waals surface area (Å²) in [7, 11) is 0. The Balaban J connectivity index is 1.52. The van der Waals surface area contributed by atoms with Gasteiger partial charge in [0.05, 0.1) is 15.8 Å². The molecule has 1 N–H and O–H groups in total. The average molecular weight is 401 g/mol. The summed E-state index contributed by atoms with van der Waals surface area (Å²) in [4.78, 5) is 19.3. The molecule has 1 aromatic heterocycles. The monoisotopic (exact) mass is 400 g/mol. The van der Waals surface area contributed by atoms with Crippen molar-refractivity contribution < 1.29 is 9.90 Å². The van der Waals surface area contributed by atoms with Gasteiger partial charge in [0.15, 0.2) is 5.13 Å². The number of hydrogen-bond acceptors (Lipinski definition) is 5. The Kier molecular flexibility index (Phi) is 7.12. The SMILES string of the molecule is CCCN(CCCCSc1ccccc1C(=O)O)c1nc2ccccc2s1. The molecule has 3 rings (SSSR count). The topological polar surface area (TPSA) is 53.4 Å². The Morgan fingerprint density at radius 2 is 1.89 bits per heavy atom. The van der Waals surface area contributed by atoms with Gasteiger partial charge in [-0.05, 0) is 49.3 Å². The van der Waals surface area contributed by atoms with Crippen LogP contribution in [0, 0.1) is 0 Å². The van der Waals surface area contributed by atoms with Gasteiger partial charge in [0.1, 0.15) is 0 Å². The van der Waals surface area contributed by atoms with Gasteiger partial charge in [-0.1, -0.05) is 42.5 Å². The van der Waals surface area contributed by atoms with E-state index in [4.69, 9.17) is 4.98 Å². The van der Waals surface area contributed by atoms with E-state index in [1.165, 1.54) is 4.70 Å². The Morgan fingerprint density at radius 1 is 1.11 bits per heavy atom. The first-order chi connectivity index (χ1) is 13.2. The molecule has 3 aromatic rings. The molecule has 0 unspecified atom stereocenters. The lowest BCUT2D eigenvalue weighted by Gasteiger charge is -2.21. The maximum absolute atomic E-state index is 11.3. The predicted octanol–water partition coefficient (Wildman–Crippen LogP) is 5.78. The third-order valence-electron chi connectivity index (χ3n) is 4.24. The molecule has 0 aliphatic heterocycles. The molecule has 0 spiro atoms. The number of rotatable bonds is 10. The molecule has 27 heavy (non-hydrogen) atoms. The van der Waals surface area contributed by atoms with E-state index < -0.39 is 5.97 Å². The number of carboxylic acids is 1. The number of carboxylic acid groups (broad SMARTS) is 1. The Labute approximate surface area is 168 Å². The van der Waals surface area contributed by atoms with Crippen molar-refractivity contribution in [3.63, 3.8) is 0 Å². The molecule has 1 heterocycles. The van der Waals surface area contributed by atoms with Crippen LogP contribution in [-0.2, 0) is 0 Å². The van der Waals surface area contributed by atoms with Crippen LogP contribution in [0.2, 0.25) is 0 Å². The molecule has 0 amide bonds. The van der Waals surface area contributed by atoms with Gasteiger partial charge in [-0.2, -0.15) is 0 Å². The van der Waals surface area contributed by atoms with Crippen molar-refractivity contribution >= 4 is 44.4 Å². The van der Waals surface area contributed by atoms with Crippen LogP contribution in [-0.4, -0.2) is 34.9 Å². The number of benzene rings is 2. The average Bonchev–Trinajstić information content (AvgIpc) is 3.11. The number of anilines is 1. The van der Waals surface area contributed by atoms with E-state index in [9.17, 15) is 9.90 Å². The van der Waals surface area contributed by atoms with Crippen LogP contribution in [0.4, 0.5) is 5.13 Å². The van der Waals surface area contributed by atoms with Gasteiger partial charge >= 0.3 is 5.97 Å². The number of fused-ring (bicyclic) bond motifs is 1. The summed E-state index contributed by atoms with van der Waals surface area (Å²) in [6.07, 6.45) is 3.21. The smallest absolute Gasteiger partial charge is 0.336 e. The summed E-state index contributed by atoms with van der Waals surface area (Å²) in [5.74, 6) is 0.0625. The zero-order chi connectivity index (χ0) is 19.1. The van der Waals surface area contributed by atoms with E-state index in [0.717, 1.165) is 53.6 Å². The van der Waals surface area contributed by atoms with Crippen LogP contribution in [0.1, 0.15) is 36.5 Å². The van der Waals surface area contributed by atoms with E-state index in [2.05, 4.69) is 30.0 Å². The van der Waals surface area contributed by atoms with E-state index in [1.54, 1.807) is 35.2 Å². The summed E-state index contributed by atoms with van der Waals surface area (Å²) in [5, 5.41) is 10.4. The fraction of sp³-hybridized carbons (Fsp3) is 0.333. The van der Waals surface area contributed by atoms with E-state index in [-0.39, 0.29) is 0 Å². The molecule has 4 nitrogen and oxygen atoms in total. The fourth-order valence-electron chi connectivity index (χ4n) is 2.92. The molecule has 0 saturated heterocycles. The second-order valence-electron chi connectivity index (χ2n) is 6.31. The first-order valence-corrected chi connectivity index (χ1v) is 11.0. The van der Waals surface area contributed by atoms with Crippen molar-refractivity contribution in [3.8, 4) is 0 Å². The highest BCUT2D eigenvalue weighted by atomic mass is 32.2. The van der Waals surface area contributed by atoms with E-state index in [1.807, 2.05) is 18.2 Å². The van der Waals surface area contributed by atoms with Gasteiger partial charge in [0.2, 0.25) is 0 Å². The molecule has 0 saturated carbocycles. The number of aromatic nitrogens is 1. The minimum atomic E-state index is -0.858. The van der Waals surface area contributed by atoms with Crippen LogP contribution >= 0.6 is 23.1 Å². The third-order valence-corrected chi connectivity index (χ3v) is 6.50. The summed E-state index contributed by atoms with van der Waals surface area (Å²) >= 11 is 3.38. The maximum atomic E-state index is 11.3. The zero-order valence-electron chi connectivity index (χ0n) is 15.4. The molecular formula is C21H24N2O2S2. The van der Waals surface area contributed by atoms with Crippen molar-refractivity contribution in [3.05, 3.63) is 54.1 Å². The largest absolute Gasteiger partial charge is 0.478 e. The van der Waals surface area contributed by atoms with Gasteiger partial charge in [-0.25, -0.2) is 9.78 Å². The second kappa shape index (κ2) is 9.76. The third kappa shape index (κ3) is 5.23. The number of aromatic carboxylic acids is 1. The summed E-state index contributed by atoms with van der Waals surface area (Å²) in [6.45, 7) is 4.18. The highest BCUT2D eigenvalue weighted by Gasteiger charge is 2.12. The molecule has 2 aromatic carbocycles. The van der Waals surface area contributed by atoms with Gasteiger partial charge in [-0.3, -0.25) is 0 Å². The Morgan fingerprint density at radius 3 is 2.67 bits per heavy atom. The van der Waals surface area contributed by atoms with Crippen molar-refractivity contribution in [1.82, 2.24) is 4.98 Å². The molecule has 0 bridgehead atoms. The molecule has 0 fully saturated rings. The summed E-state index contributed by atoms with van der Waals surface area (Å²) in [6, 6.07) is 15.5. The predicted molar refractivity (Wildman–Crippen MR) is 115 cm³/mol. The fourth-order valence-corrected chi connectivity index (χ4v) is 5.00. The van der Waals surface area contributed by atoms with E-state index >= 15 is 0 Å². The number of thiazole rings is 1. The number of unbranched alkanes of at least 4 members (excludes halogenated alkanes) is 1. The first kappa shape index (κ1) is 19.7. The summed E-state index contributed by atoms with van der Waals surface area (Å²) < 4.78 is 1.23. The Hall–Kier alpha value is -2.05. The highest BCUT2D eigenvalue weighted by molar-refractivity contribution is 7.99. The van der Waals surface area contributed by atoms with Crippen LogP contribution in [0.3, 0.4) is 0 Å². The standard InChI is InChI=1S/C21H24N2O2S2/c1-2-13-23(21-22-17-10-4-6-12-19(17)27-21)14-7-8-15-26-18-11-5-3-9-16(18)20(24)25/h3-6,9-12H,2,7-8,13-15H2,1H3,(H,24,25). The maximum Gasteiger partial charge on any atom is 0.336 e. The van der Waals surface area contributed by atoms with Gasteiger partial charge in [0.25, 0.3) is 0 Å². The highest BCUT2D eigenvalue weighted by Crippen LogP contribution is 2.29. The number of carbonyl (C=O) groups is 1. The lowest BCUT2D eigenvalue weighted by molar-refractivity contribution is 0.0693. The molecule has 0 radical (unpaired) electrons. The summed E-state index contributed by atoms with van der Waals surface area (Å²) in [5.41, 5.74) is 1.46. The minimum absolute atomic E-state index is 0.393. The molecule has 0 aliphatic carbocycles. The molecular weight excluding hydrogens is 376 g/mol. The normalized spacial score (nSPS) is 11.0. The van der Waals surface area contributed by atoms with Crippen molar-refractivity contribution in [2.24, 2.45) is 0 Å². The van der Waals surface area contributed by atoms with Crippen molar-refractivity contribution in [1.29, 1.82) is 0 Å². The van der Waals surface area contributed by atoms with Crippen LogP contribution in [0.25, 0.3) is 10.2 Å². The quantitative estimate of drug-likeness (QED) is 0.345. The van der Waals surface area contributed by atoms with Gasteiger partial charge in [-0.15, -0.1) is 11.8 Å². The van der Waals surface area contributed by atoms with Crippen molar-refractivity contribution in [2.75, 3.05) is 23.7 Å². The van der Waals surface area contributed by atoms with Crippen LogP contribution in [0.5, 0.6) is 0 Å². The van der Waals surface area contributed by atoms with Gasteiger partial charge in [0, 0.05) is 18.0 Å². The number of para-hydroxylation sites is 1. The van der Waals surface area contributed by atoms with E-state index in [0.29, 0.717) is 5.56 Å². The van der Waals surface area contributed by atoms with Crippen LogP contribution < -0.4 is 4.90 Å². The number of hydrogen-bond donors (Lipinski definition) is 1. The van der Waals surface area contributed by atoms with Crippen LogP contribution in [0.15, 0.2) is 53.4 Å². The molecule has 6 heteroatoms. The minimum Gasteiger partial charge on any atom is -0.478 e. The lowest BCUT2D eigenvalue weighted by atomic mass is 10.2. The lowest BCUT2D eigenvalue weighted by Crippen LogP contribution is -2.25.